The first kappa shape index (κ1) is 12.8. The van der Waals surface area contributed by atoms with Gasteiger partial charge in [-0.15, -0.1) is 0 Å². The van der Waals surface area contributed by atoms with Gasteiger partial charge in [-0.1, -0.05) is 0 Å². The van der Waals surface area contributed by atoms with Crippen molar-refractivity contribution < 1.29 is 9.21 Å². The Bertz CT molecular complexity index is 307. The zero-order valence-electron chi connectivity index (χ0n) is 9.90. The summed E-state index contributed by atoms with van der Waals surface area (Å²) in [6, 6.07) is 3.93. The summed E-state index contributed by atoms with van der Waals surface area (Å²) in [7, 11) is 0. The van der Waals surface area contributed by atoms with Gasteiger partial charge in [-0.2, -0.15) is 0 Å². The van der Waals surface area contributed by atoms with Crippen LogP contribution < -0.4 is 11.1 Å². The molecule has 0 spiro atoms. The molecule has 16 heavy (non-hydrogen) atoms. The number of hydrogen-bond donors (Lipinski definition) is 2. The van der Waals surface area contributed by atoms with Crippen molar-refractivity contribution in [2.75, 3.05) is 6.54 Å². The lowest BCUT2D eigenvalue weighted by Crippen LogP contribution is -2.30. The molecule has 4 nitrogen and oxygen atoms in total. The molecule has 0 saturated heterocycles. The van der Waals surface area contributed by atoms with Gasteiger partial charge in [0.15, 0.2) is 0 Å². The van der Waals surface area contributed by atoms with Gasteiger partial charge in [0.1, 0.15) is 5.76 Å². The Morgan fingerprint density at radius 1 is 1.56 bits per heavy atom. The number of nitrogens with one attached hydrogen (secondary N) is 1. The summed E-state index contributed by atoms with van der Waals surface area (Å²) in [5.74, 6) is 1.06. The van der Waals surface area contributed by atoms with E-state index in [1.54, 1.807) is 6.26 Å². The molecule has 1 amide bonds. The Morgan fingerprint density at radius 3 is 2.81 bits per heavy atom. The van der Waals surface area contributed by atoms with Crippen LogP contribution in [0.3, 0.4) is 0 Å². The molecule has 1 rings (SSSR count). The maximum absolute atomic E-state index is 11.5. The summed E-state index contributed by atoms with van der Waals surface area (Å²) >= 11 is 0. The van der Waals surface area contributed by atoms with Gasteiger partial charge in [-0.25, -0.2) is 0 Å². The predicted molar refractivity (Wildman–Crippen MR) is 63.0 cm³/mol. The second kappa shape index (κ2) is 6.33. The maximum Gasteiger partial charge on any atom is 0.220 e. The van der Waals surface area contributed by atoms with E-state index in [1.807, 2.05) is 26.0 Å². The second-order valence-electron chi connectivity index (χ2n) is 4.21. The summed E-state index contributed by atoms with van der Waals surface area (Å²) in [6.45, 7) is 4.40. The minimum atomic E-state index is 0.0695. The molecule has 0 aliphatic carbocycles. The van der Waals surface area contributed by atoms with Gasteiger partial charge in [0, 0.05) is 24.9 Å². The zero-order chi connectivity index (χ0) is 12.0. The third-order valence-corrected chi connectivity index (χ3v) is 2.40. The average Bonchev–Trinajstić information content (AvgIpc) is 2.71. The Kier molecular flexibility index (Phi) is 5.05. The van der Waals surface area contributed by atoms with Crippen LogP contribution in [0, 0.1) is 0 Å². The van der Waals surface area contributed by atoms with E-state index in [2.05, 4.69) is 5.32 Å². The van der Waals surface area contributed by atoms with Crippen LogP contribution in [-0.2, 0) is 4.79 Å². The van der Waals surface area contributed by atoms with Crippen molar-refractivity contribution in [1.82, 2.24) is 5.32 Å². The first-order valence-electron chi connectivity index (χ1n) is 5.66. The standard InChI is InChI=1S/C12H20N2O2/c1-9(2)14-12(15)6-5-10(8-13)11-4-3-7-16-11/h3-4,7,9-10H,5-6,8,13H2,1-2H3,(H,14,15). The highest BCUT2D eigenvalue weighted by molar-refractivity contribution is 5.76. The van der Waals surface area contributed by atoms with E-state index in [-0.39, 0.29) is 17.9 Å². The van der Waals surface area contributed by atoms with Gasteiger partial charge >= 0.3 is 0 Å². The smallest absolute Gasteiger partial charge is 0.220 e. The summed E-state index contributed by atoms with van der Waals surface area (Å²) in [5.41, 5.74) is 5.66. The molecule has 0 bridgehead atoms. The second-order valence-corrected chi connectivity index (χ2v) is 4.21. The van der Waals surface area contributed by atoms with Crippen LogP contribution in [0.5, 0.6) is 0 Å². The summed E-state index contributed by atoms with van der Waals surface area (Å²) in [5, 5.41) is 2.86. The van der Waals surface area contributed by atoms with Crippen molar-refractivity contribution in [1.29, 1.82) is 0 Å². The van der Waals surface area contributed by atoms with Gasteiger partial charge < -0.3 is 15.5 Å². The third-order valence-electron chi connectivity index (χ3n) is 2.40. The molecule has 90 valence electrons. The van der Waals surface area contributed by atoms with Crippen LogP contribution in [0.25, 0.3) is 0 Å². The topological polar surface area (TPSA) is 68.3 Å². The van der Waals surface area contributed by atoms with Crippen molar-refractivity contribution in [2.24, 2.45) is 5.73 Å². The number of amides is 1. The molecule has 0 aromatic carbocycles. The molecule has 0 fully saturated rings. The number of nitrogens with two attached hydrogens (primary N) is 1. The lowest BCUT2D eigenvalue weighted by molar-refractivity contribution is -0.121. The summed E-state index contributed by atoms with van der Waals surface area (Å²) < 4.78 is 5.29. The van der Waals surface area contributed by atoms with E-state index in [1.165, 1.54) is 0 Å². The molecule has 4 heteroatoms. The molecular formula is C12H20N2O2. The van der Waals surface area contributed by atoms with Gasteiger partial charge in [0.2, 0.25) is 5.91 Å². The molecule has 1 aromatic rings. The molecule has 3 N–H and O–H groups in total. The van der Waals surface area contributed by atoms with E-state index in [9.17, 15) is 4.79 Å². The van der Waals surface area contributed by atoms with E-state index >= 15 is 0 Å². The molecule has 0 aliphatic heterocycles. The van der Waals surface area contributed by atoms with Gasteiger partial charge in [-0.3, -0.25) is 4.79 Å². The van der Waals surface area contributed by atoms with Crippen molar-refractivity contribution in [3.05, 3.63) is 24.2 Å². The molecule has 0 aliphatic rings. The Labute approximate surface area is 96.2 Å². The number of carbonyl (C=O) groups excluding carboxylic acids is 1. The maximum atomic E-state index is 11.5. The summed E-state index contributed by atoms with van der Waals surface area (Å²) in [4.78, 5) is 11.5. The van der Waals surface area contributed by atoms with E-state index in [0.717, 1.165) is 12.2 Å². The van der Waals surface area contributed by atoms with Crippen LogP contribution >= 0.6 is 0 Å². The van der Waals surface area contributed by atoms with E-state index in [4.69, 9.17) is 10.2 Å². The number of furan rings is 1. The van der Waals surface area contributed by atoms with Crippen molar-refractivity contribution in [2.45, 2.75) is 38.6 Å². The van der Waals surface area contributed by atoms with Gasteiger partial charge in [0.25, 0.3) is 0 Å². The average molecular weight is 224 g/mol. The molecule has 1 unspecified atom stereocenters. The minimum absolute atomic E-state index is 0.0695. The largest absolute Gasteiger partial charge is 0.469 e. The Morgan fingerprint density at radius 2 is 2.31 bits per heavy atom. The zero-order valence-corrected chi connectivity index (χ0v) is 9.90. The lowest BCUT2D eigenvalue weighted by Gasteiger charge is -2.13. The number of rotatable bonds is 6. The first-order valence-corrected chi connectivity index (χ1v) is 5.66. The Balaban J connectivity index is 2.38. The summed E-state index contributed by atoms with van der Waals surface area (Å²) in [6.07, 6.45) is 2.84. The van der Waals surface area contributed by atoms with Crippen LogP contribution in [0.2, 0.25) is 0 Å². The van der Waals surface area contributed by atoms with Gasteiger partial charge in [0.05, 0.1) is 6.26 Å². The SMILES string of the molecule is CC(C)NC(=O)CCC(CN)c1ccco1. The number of carbonyl (C=O) groups is 1. The van der Waals surface area contributed by atoms with Crippen LogP contribution in [0.4, 0.5) is 0 Å². The van der Waals surface area contributed by atoms with E-state index < -0.39 is 0 Å². The first-order chi connectivity index (χ1) is 7.63. The van der Waals surface area contributed by atoms with Crippen LogP contribution in [0.15, 0.2) is 22.8 Å². The normalized spacial score (nSPS) is 12.8. The minimum Gasteiger partial charge on any atom is -0.469 e. The third kappa shape index (κ3) is 4.06. The van der Waals surface area contributed by atoms with Crippen molar-refractivity contribution >= 4 is 5.91 Å². The van der Waals surface area contributed by atoms with Crippen LogP contribution in [-0.4, -0.2) is 18.5 Å². The fourth-order valence-electron chi connectivity index (χ4n) is 1.60. The quantitative estimate of drug-likeness (QED) is 0.771. The van der Waals surface area contributed by atoms with E-state index in [0.29, 0.717) is 13.0 Å². The molecule has 1 aromatic heterocycles. The fourth-order valence-corrected chi connectivity index (χ4v) is 1.60. The number of hydrogen-bond acceptors (Lipinski definition) is 3. The molecule has 0 saturated carbocycles. The Hall–Kier alpha value is -1.29. The molecule has 1 atom stereocenters. The monoisotopic (exact) mass is 224 g/mol. The highest BCUT2D eigenvalue weighted by atomic mass is 16.3. The van der Waals surface area contributed by atoms with Crippen molar-refractivity contribution in [3.63, 3.8) is 0 Å². The highest BCUT2D eigenvalue weighted by Gasteiger charge is 2.14. The van der Waals surface area contributed by atoms with Crippen LogP contribution in [0.1, 0.15) is 38.4 Å². The van der Waals surface area contributed by atoms with Crippen molar-refractivity contribution in [3.8, 4) is 0 Å². The lowest BCUT2D eigenvalue weighted by atomic mass is 10.0. The van der Waals surface area contributed by atoms with Gasteiger partial charge in [-0.05, 0) is 32.4 Å². The molecular weight excluding hydrogens is 204 g/mol. The molecule has 1 heterocycles. The highest BCUT2D eigenvalue weighted by Crippen LogP contribution is 2.20. The predicted octanol–water partition coefficient (Wildman–Crippen LogP) is 1.63. The fraction of sp³-hybridized carbons (Fsp3) is 0.583. The molecule has 0 radical (unpaired) electrons.